The fraction of sp³-hybridized carbons (Fsp3) is 0.207. The second-order valence-corrected chi connectivity index (χ2v) is 8.00. The number of halogens is 1. The van der Waals surface area contributed by atoms with Gasteiger partial charge in [-0.15, -0.1) is 12.4 Å². The van der Waals surface area contributed by atoms with Gasteiger partial charge in [0.1, 0.15) is 5.75 Å². The third-order valence-electron chi connectivity index (χ3n) is 5.90. The molecule has 8 heteroatoms. The highest BCUT2D eigenvalue weighted by molar-refractivity contribution is 5.88. The van der Waals surface area contributed by atoms with E-state index in [2.05, 4.69) is 5.32 Å². The summed E-state index contributed by atoms with van der Waals surface area (Å²) >= 11 is 0. The van der Waals surface area contributed by atoms with Gasteiger partial charge in [-0.2, -0.15) is 0 Å². The van der Waals surface area contributed by atoms with Crippen molar-refractivity contribution in [3.8, 4) is 28.7 Å². The van der Waals surface area contributed by atoms with Crippen LogP contribution in [-0.2, 0) is 4.79 Å². The van der Waals surface area contributed by atoms with Gasteiger partial charge >= 0.3 is 0 Å². The number of benzene rings is 4. The number of rotatable bonds is 10. The maximum absolute atomic E-state index is 13.1. The zero-order chi connectivity index (χ0) is 25.5. The standard InChI is InChI=1S/C29H29NO6.ClH/c1-32-24-14-12-20(16-26(24)34-3)29(21-13-15-25(33-2)27(17-21)35-4)30-28(31)18-36-23-11-7-9-19-8-5-6-10-22(19)23;/h5-17,29H,18H2,1-4H3,(H,30,31);1H. The first-order valence-electron chi connectivity index (χ1n) is 11.4. The van der Waals surface area contributed by atoms with Crippen LogP contribution < -0.4 is 29.0 Å². The molecule has 1 amide bonds. The van der Waals surface area contributed by atoms with E-state index >= 15 is 0 Å². The predicted molar refractivity (Wildman–Crippen MR) is 146 cm³/mol. The van der Waals surface area contributed by atoms with E-state index in [4.69, 9.17) is 23.7 Å². The lowest BCUT2D eigenvalue weighted by atomic mass is 9.97. The van der Waals surface area contributed by atoms with Gasteiger partial charge in [-0.3, -0.25) is 4.79 Å². The SMILES string of the molecule is COc1ccc(C(NC(=O)COc2cccc3ccccc23)c2ccc(OC)c(OC)c2)cc1OC.Cl. The molecule has 0 aliphatic carbocycles. The van der Waals surface area contributed by atoms with Crippen molar-refractivity contribution in [1.82, 2.24) is 5.32 Å². The number of carbonyl (C=O) groups excluding carboxylic acids is 1. The third kappa shape index (κ3) is 6.19. The van der Waals surface area contributed by atoms with Gasteiger partial charge in [-0.1, -0.05) is 48.5 Å². The molecule has 4 rings (SSSR count). The Bertz CT molecular complexity index is 1300. The molecule has 0 fully saturated rings. The van der Waals surface area contributed by atoms with E-state index in [1.165, 1.54) is 0 Å². The topological polar surface area (TPSA) is 75.3 Å². The Hall–Kier alpha value is -4.10. The van der Waals surface area contributed by atoms with Crippen LogP contribution in [0.2, 0.25) is 0 Å². The Morgan fingerprint density at radius 2 is 1.22 bits per heavy atom. The molecule has 0 spiro atoms. The highest BCUT2D eigenvalue weighted by Crippen LogP contribution is 2.35. The average Bonchev–Trinajstić information content (AvgIpc) is 2.93. The van der Waals surface area contributed by atoms with Gasteiger partial charge in [0.2, 0.25) is 0 Å². The predicted octanol–water partition coefficient (Wildman–Crippen LogP) is 5.58. The Morgan fingerprint density at radius 3 is 1.78 bits per heavy atom. The van der Waals surface area contributed by atoms with Crippen LogP contribution in [0.5, 0.6) is 28.7 Å². The molecule has 194 valence electrons. The Balaban J connectivity index is 0.00000380. The summed E-state index contributed by atoms with van der Waals surface area (Å²) in [6, 6.07) is 24.2. The Morgan fingerprint density at radius 1 is 0.676 bits per heavy atom. The largest absolute Gasteiger partial charge is 0.493 e. The van der Waals surface area contributed by atoms with Crippen molar-refractivity contribution in [2.45, 2.75) is 6.04 Å². The molecular formula is C29H30ClNO6. The molecule has 0 aromatic heterocycles. The van der Waals surface area contributed by atoms with Crippen LogP contribution in [0.1, 0.15) is 17.2 Å². The first kappa shape index (κ1) is 27.5. The van der Waals surface area contributed by atoms with Crippen LogP contribution in [0.3, 0.4) is 0 Å². The summed E-state index contributed by atoms with van der Waals surface area (Å²) in [6.07, 6.45) is 0. The first-order chi connectivity index (χ1) is 17.6. The van der Waals surface area contributed by atoms with Crippen molar-refractivity contribution in [2.75, 3.05) is 35.0 Å². The lowest BCUT2D eigenvalue weighted by Gasteiger charge is -2.22. The van der Waals surface area contributed by atoms with Gasteiger partial charge < -0.3 is 29.0 Å². The second-order valence-electron chi connectivity index (χ2n) is 8.00. The maximum atomic E-state index is 13.1. The number of fused-ring (bicyclic) bond motifs is 1. The van der Waals surface area contributed by atoms with E-state index in [1.54, 1.807) is 40.6 Å². The monoisotopic (exact) mass is 523 g/mol. The zero-order valence-electron chi connectivity index (χ0n) is 21.1. The minimum absolute atomic E-state index is 0. The van der Waals surface area contributed by atoms with Crippen LogP contribution in [0.25, 0.3) is 10.8 Å². The summed E-state index contributed by atoms with van der Waals surface area (Å²) in [5.74, 6) is 2.67. The fourth-order valence-corrected chi connectivity index (χ4v) is 4.09. The van der Waals surface area contributed by atoms with E-state index in [0.717, 1.165) is 21.9 Å². The number of ether oxygens (including phenoxy) is 5. The van der Waals surface area contributed by atoms with E-state index in [1.807, 2.05) is 66.7 Å². The summed E-state index contributed by atoms with van der Waals surface area (Å²) in [4.78, 5) is 13.1. The van der Waals surface area contributed by atoms with Gasteiger partial charge in [-0.25, -0.2) is 0 Å². The van der Waals surface area contributed by atoms with Crippen molar-refractivity contribution < 1.29 is 28.5 Å². The van der Waals surface area contributed by atoms with Gasteiger partial charge in [0.05, 0.1) is 34.5 Å². The number of hydrogen-bond acceptors (Lipinski definition) is 6. The minimum Gasteiger partial charge on any atom is -0.493 e. The highest BCUT2D eigenvalue weighted by atomic mass is 35.5. The van der Waals surface area contributed by atoms with Crippen molar-refractivity contribution in [3.05, 3.63) is 90.0 Å². The van der Waals surface area contributed by atoms with E-state index in [-0.39, 0.29) is 24.9 Å². The number of nitrogens with one attached hydrogen (secondary N) is 1. The smallest absolute Gasteiger partial charge is 0.258 e. The fourth-order valence-electron chi connectivity index (χ4n) is 4.09. The molecule has 1 N–H and O–H groups in total. The van der Waals surface area contributed by atoms with Gasteiger partial charge in [-0.05, 0) is 46.8 Å². The van der Waals surface area contributed by atoms with E-state index in [9.17, 15) is 4.79 Å². The van der Waals surface area contributed by atoms with Gasteiger partial charge in [0, 0.05) is 5.39 Å². The van der Waals surface area contributed by atoms with Gasteiger partial charge in [0.25, 0.3) is 5.91 Å². The summed E-state index contributed by atoms with van der Waals surface area (Å²) in [6.45, 7) is -0.148. The number of amides is 1. The van der Waals surface area contributed by atoms with E-state index < -0.39 is 6.04 Å². The average molecular weight is 524 g/mol. The summed E-state index contributed by atoms with van der Waals surface area (Å²) in [5.41, 5.74) is 1.61. The molecule has 0 heterocycles. The number of methoxy groups -OCH3 is 4. The molecule has 0 aliphatic rings. The quantitative estimate of drug-likeness (QED) is 0.292. The summed E-state index contributed by atoms with van der Waals surface area (Å²) in [5, 5.41) is 5.08. The zero-order valence-corrected chi connectivity index (χ0v) is 22.0. The first-order valence-corrected chi connectivity index (χ1v) is 11.4. The molecule has 0 unspecified atom stereocenters. The molecule has 0 atom stereocenters. The summed E-state index contributed by atoms with van der Waals surface area (Å²) < 4.78 is 27.6. The van der Waals surface area contributed by atoms with Crippen molar-refractivity contribution in [2.24, 2.45) is 0 Å². The normalized spacial score (nSPS) is 10.4. The highest BCUT2D eigenvalue weighted by Gasteiger charge is 2.21. The van der Waals surface area contributed by atoms with Crippen molar-refractivity contribution >= 4 is 29.1 Å². The van der Waals surface area contributed by atoms with Gasteiger partial charge in [0.15, 0.2) is 29.6 Å². The molecule has 37 heavy (non-hydrogen) atoms. The van der Waals surface area contributed by atoms with Crippen molar-refractivity contribution in [3.63, 3.8) is 0 Å². The van der Waals surface area contributed by atoms with Crippen LogP contribution in [0.15, 0.2) is 78.9 Å². The lowest BCUT2D eigenvalue weighted by molar-refractivity contribution is -0.123. The molecule has 0 bridgehead atoms. The van der Waals surface area contributed by atoms with E-state index in [0.29, 0.717) is 28.7 Å². The van der Waals surface area contributed by atoms with Crippen LogP contribution in [-0.4, -0.2) is 41.0 Å². The number of carbonyl (C=O) groups is 1. The maximum Gasteiger partial charge on any atom is 0.258 e. The molecular weight excluding hydrogens is 494 g/mol. The summed E-state index contributed by atoms with van der Waals surface area (Å²) in [7, 11) is 6.30. The lowest BCUT2D eigenvalue weighted by Crippen LogP contribution is -2.33. The third-order valence-corrected chi connectivity index (χ3v) is 5.90. The molecule has 0 saturated carbocycles. The Kier molecular flexibility index (Phi) is 9.46. The molecule has 4 aromatic rings. The second kappa shape index (κ2) is 12.7. The molecule has 7 nitrogen and oxygen atoms in total. The minimum atomic E-state index is -0.506. The van der Waals surface area contributed by atoms with Crippen molar-refractivity contribution in [1.29, 1.82) is 0 Å². The Labute approximate surface area is 222 Å². The van der Waals surface area contributed by atoms with Crippen LogP contribution >= 0.6 is 12.4 Å². The molecule has 0 radical (unpaired) electrons. The molecule has 0 saturated heterocycles. The van der Waals surface area contributed by atoms with Crippen LogP contribution in [0.4, 0.5) is 0 Å². The number of hydrogen-bond donors (Lipinski definition) is 1. The molecule has 0 aliphatic heterocycles. The molecule has 4 aromatic carbocycles. The van der Waals surface area contributed by atoms with Crippen LogP contribution in [0, 0.1) is 0 Å².